The maximum absolute atomic E-state index is 15.5. The molecule has 0 aromatic heterocycles. The van der Waals surface area contributed by atoms with Crippen LogP contribution in [-0.2, 0) is 9.84 Å². The van der Waals surface area contributed by atoms with Gasteiger partial charge < -0.3 is 5.11 Å². The summed E-state index contributed by atoms with van der Waals surface area (Å²) in [6.07, 6.45) is 9.02. The molecule has 0 radical (unpaired) electrons. The van der Waals surface area contributed by atoms with Gasteiger partial charge in [0, 0.05) is 0 Å². The molecular formula is C27H36F2O3S. The van der Waals surface area contributed by atoms with Crippen molar-refractivity contribution >= 4 is 9.84 Å². The van der Waals surface area contributed by atoms with Crippen LogP contribution in [0.5, 0.6) is 0 Å². The number of halogens is 2. The number of rotatable bonds is 3. The maximum Gasteiger partial charge on any atom is 0.377 e. The third-order valence-corrected chi connectivity index (χ3v) is 12.1. The van der Waals surface area contributed by atoms with Gasteiger partial charge in [0.15, 0.2) is 0 Å². The number of hydrogen-bond donors (Lipinski definition) is 1. The summed E-state index contributed by atoms with van der Waals surface area (Å²) in [7, 11) is -4.98. The van der Waals surface area contributed by atoms with E-state index in [0.29, 0.717) is 30.1 Å². The number of aliphatic hydroxyl groups is 1. The van der Waals surface area contributed by atoms with E-state index in [1.807, 2.05) is 0 Å². The molecule has 6 heteroatoms. The van der Waals surface area contributed by atoms with E-state index >= 15 is 8.78 Å². The molecule has 4 aliphatic rings. The molecule has 4 aliphatic carbocycles. The van der Waals surface area contributed by atoms with Gasteiger partial charge in [-0.15, -0.1) is 0 Å². The van der Waals surface area contributed by atoms with Gasteiger partial charge >= 0.3 is 5.25 Å². The van der Waals surface area contributed by atoms with Crippen molar-refractivity contribution in [2.75, 3.05) is 0 Å². The number of sulfone groups is 1. The molecule has 1 N–H and O–H groups in total. The van der Waals surface area contributed by atoms with Crippen LogP contribution in [-0.4, -0.2) is 24.4 Å². The van der Waals surface area contributed by atoms with Gasteiger partial charge in [0.25, 0.3) is 0 Å². The Morgan fingerprint density at radius 2 is 1.70 bits per heavy atom. The molecule has 0 saturated heterocycles. The zero-order valence-corrected chi connectivity index (χ0v) is 20.5. The Bertz CT molecular complexity index is 1040. The number of fused-ring (bicyclic) bond motifs is 5. The van der Waals surface area contributed by atoms with E-state index in [0.717, 1.165) is 25.7 Å². The first-order valence-corrected chi connectivity index (χ1v) is 14.1. The van der Waals surface area contributed by atoms with E-state index in [1.54, 1.807) is 11.6 Å². The molecule has 5 rings (SSSR count). The Balaban J connectivity index is 1.37. The van der Waals surface area contributed by atoms with Gasteiger partial charge in [-0.05, 0) is 112 Å². The highest BCUT2D eigenvalue weighted by molar-refractivity contribution is 7.92. The van der Waals surface area contributed by atoms with Crippen molar-refractivity contribution in [3.8, 4) is 0 Å². The summed E-state index contributed by atoms with van der Waals surface area (Å²) in [5, 5.41) is 6.94. The van der Waals surface area contributed by atoms with Gasteiger partial charge in [-0.3, -0.25) is 0 Å². The molecule has 0 aliphatic heterocycles. The van der Waals surface area contributed by atoms with Gasteiger partial charge in [-0.1, -0.05) is 36.8 Å². The summed E-state index contributed by atoms with van der Waals surface area (Å²) in [4.78, 5) is -0.429. The van der Waals surface area contributed by atoms with E-state index < -0.39 is 25.6 Å². The third-order valence-electron chi connectivity index (χ3n) is 10.1. The Morgan fingerprint density at radius 3 is 2.39 bits per heavy atom. The highest BCUT2D eigenvalue weighted by Crippen LogP contribution is 2.65. The minimum atomic E-state index is -4.98. The van der Waals surface area contributed by atoms with Crippen molar-refractivity contribution in [3.63, 3.8) is 0 Å². The Morgan fingerprint density at radius 1 is 1.00 bits per heavy atom. The molecule has 3 nitrogen and oxygen atoms in total. The van der Waals surface area contributed by atoms with Crippen molar-refractivity contribution in [2.45, 2.75) is 87.4 Å². The van der Waals surface area contributed by atoms with Crippen LogP contribution < -0.4 is 0 Å². The summed E-state index contributed by atoms with van der Waals surface area (Å²) >= 11 is 0. The summed E-state index contributed by atoms with van der Waals surface area (Å²) in [5.74, 6) is 2.10. The molecule has 7 atom stereocenters. The third kappa shape index (κ3) is 3.30. The van der Waals surface area contributed by atoms with Crippen LogP contribution in [0.3, 0.4) is 0 Å². The molecule has 4 saturated carbocycles. The lowest BCUT2D eigenvalue weighted by Gasteiger charge is -2.57. The fourth-order valence-corrected chi connectivity index (χ4v) is 9.96. The fraction of sp³-hybridized carbons (Fsp3) is 0.704. The van der Waals surface area contributed by atoms with Crippen molar-refractivity contribution in [1.29, 1.82) is 0 Å². The van der Waals surface area contributed by atoms with Crippen LogP contribution in [0.15, 0.2) is 46.9 Å². The molecule has 0 bridgehead atoms. The summed E-state index contributed by atoms with van der Waals surface area (Å²) in [6.45, 7) is 4.58. The second kappa shape index (κ2) is 7.87. The molecule has 0 spiro atoms. The first kappa shape index (κ1) is 23.5. The predicted octanol–water partition coefficient (Wildman–Crippen LogP) is 6.38. The highest BCUT2D eigenvalue weighted by Gasteiger charge is 2.65. The summed E-state index contributed by atoms with van der Waals surface area (Å²) < 4.78 is 56.7. The molecule has 0 amide bonds. The van der Waals surface area contributed by atoms with Gasteiger partial charge in [-0.25, -0.2) is 8.42 Å². The standard InChI is InChI=1S/C27H36F2O3S/c1-3-19-10-12-24-23-11-9-18-17-26(30,16-14-21(18)22(23)13-15-25(19,24)2)27(28,29)33(31,32)20-7-5-4-6-8-20/h3-8,18,21-24,30H,9-17H2,1-2H3/t18-,21-,22+,23+,24-,25+,26+/m0/s1. The number of alkyl halides is 2. The zero-order valence-electron chi connectivity index (χ0n) is 19.6. The summed E-state index contributed by atoms with van der Waals surface area (Å²) in [5.41, 5.74) is -0.629. The average molecular weight is 479 g/mol. The molecule has 1 aromatic carbocycles. The van der Waals surface area contributed by atoms with Crippen molar-refractivity contribution in [2.24, 2.45) is 35.0 Å². The van der Waals surface area contributed by atoms with E-state index in [1.165, 1.54) is 37.1 Å². The van der Waals surface area contributed by atoms with Crippen LogP contribution in [0.2, 0.25) is 0 Å². The monoisotopic (exact) mass is 478 g/mol. The fourth-order valence-electron chi connectivity index (χ4n) is 8.46. The van der Waals surface area contributed by atoms with Crippen LogP contribution >= 0.6 is 0 Å². The molecule has 4 fully saturated rings. The normalized spacial score (nSPS) is 42.5. The smallest absolute Gasteiger partial charge is 0.377 e. The van der Waals surface area contributed by atoms with Crippen LogP contribution in [0, 0.1) is 35.0 Å². The molecule has 0 unspecified atom stereocenters. The van der Waals surface area contributed by atoms with Crippen LogP contribution in [0.1, 0.15) is 71.6 Å². The van der Waals surface area contributed by atoms with E-state index in [2.05, 4.69) is 19.9 Å². The Kier molecular flexibility index (Phi) is 5.60. The van der Waals surface area contributed by atoms with E-state index in [4.69, 9.17) is 0 Å². The number of hydrogen-bond acceptors (Lipinski definition) is 3. The quantitative estimate of drug-likeness (QED) is 0.513. The highest BCUT2D eigenvalue weighted by atomic mass is 32.2. The topological polar surface area (TPSA) is 54.4 Å². The second-order valence-corrected chi connectivity index (χ2v) is 13.3. The SMILES string of the molecule is CC=C1CC[C@H]2[C@@H]3CC[C@H]4C[C@@](O)(C(F)(F)S(=O)(=O)c5ccccc5)CC[C@@H]4[C@H]3CC[C@]12C. The first-order chi connectivity index (χ1) is 15.5. The van der Waals surface area contributed by atoms with Gasteiger partial charge in [0.05, 0.1) is 4.90 Å². The van der Waals surface area contributed by atoms with Crippen molar-refractivity contribution in [1.82, 2.24) is 0 Å². The Hall–Kier alpha value is -1.27. The van der Waals surface area contributed by atoms with Crippen molar-refractivity contribution in [3.05, 3.63) is 42.0 Å². The van der Waals surface area contributed by atoms with Crippen molar-refractivity contribution < 1.29 is 22.3 Å². The lowest BCUT2D eigenvalue weighted by Crippen LogP contribution is -2.58. The molecule has 1 aromatic rings. The zero-order chi connectivity index (χ0) is 23.6. The first-order valence-electron chi connectivity index (χ1n) is 12.6. The lowest BCUT2D eigenvalue weighted by molar-refractivity contribution is -0.177. The van der Waals surface area contributed by atoms with Crippen LogP contribution in [0.25, 0.3) is 0 Å². The molecule has 33 heavy (non-hydrogen) atoms. The lowest BCUT2D eigenvalue weighted by atomic mass is 9.49. The van der Waals surface area contributed by atoms with E-state index in [9.17, 15) is 13.5 Å². The number of benzene rings is 1. The van der Waals surface area contributed by atoms with Gasteiger partial charge in [0.2, 0.25) is 9.84 Å². The molecular weight excluding hydrogens is 442 g/mol. The maximum atomic E-state index is 15.5. The molecule has 0 heterocycles. The minimum absolute atomic E-state index is 0.0335. The van der Waals surface area contributed by atoms with Crippen LogP contribution in [0.4, 0.5) is 8.78 Å². The minimum Gasteiger partial charge on any atom is -0.382 e. The summed E-state index contributed by atoms with van der Waals surface area (Å²) in [6, 6.07) is 6.83. The van der Waals surface area contributed by atoms with Gasteiger partial charge in [-0.2, -0.15) is 8.78 Å². The second-order valence-electron chi connectivity index (χ2n) is 11.4. The number of allylic oxidation sites excluding steroid dienone is 2. The largest absolute Gasteiger partial charge is 0.382 e. The average Bonchev–Trinajstić information content (AvgIpc) is 3.15. The molecule has 182 valence electrons. The predicted molar refractivity (Wildman–Crippen MR) is 124 cm³/mol. The van der Waals surface area contributed by atoms with Gasteiger partial charge in [0.1, 0.15) is 5.60 Å². The Labute approximate surface area is 196 Å². The van der Waals surface area contributed by atoms with E-state index in [-0.39, 0.29) is 24.2 Å².